The van der Waals surface area contributed by atoms with Crippen LogP contribution in [0.1, 0.15) is 10.4 Å². The minimum atomic E-state index is -0.341. The lowest BCUT2D eigenvalue weighted by Crippen LogP contribution is -2.26. The first-order valence-electron chi connectivity index (χ1n) is 5.54. The first kappa shape index (κ1) is 13.2. The third kappa shape index (κ3) is 2.80. The Labute approximate surface area is 115 Å². The van der Waals surface area contributed by atoms with Crippen molar-refractivity contribution in [2.24, 2.45) is 0 Å². The number of halogens is 1. The van der Waals surface area contributed by atoms with Crippen molar-refractivity contribution in [1.82, 2.24) is 0 Å². The number of phenols is 2. The number of carbonyl (C=O) groups is 1. The van der Waals surface area contributed by atoms with Crippen LogP contribution in [0, 0.1) is 0 Å². The molecule has 0 bridgehead atoms. The van der Waals surface area contributed by atoms with Crippen LogP contribution in [0.3, 0.4) is 0 Å². The van der Waals surface area contributed by atoms with Crippen molar-refractivity contribution in [1.29, 1.82) is 0 Å². The number of rotatable bonds is 2. The number of nitrogens with zero attached hydrogens (tertiary/aromatic N) is 1. The van der Waals surface area contributed by atoms with Crippen molar-refractivity contribution in [3.8, 4) is 11.5 Å². The van der Waals surface area contributed by atoms with Gasteiger partial charge in [0, 0.05) is 12.7 Å². The molecule has 4 nitrogen and oxygen atoms in total. The number of amides is 1. The van der Waals surface area contributed by atoms with Crippen LogP contribution in [0.2, 0.25) is 5.02 Å². The molecule has 0 atom stereocenters. The Balaban J connectivity index is 2.33. The fourth-order valence-electron chi connectivity index (χ4n) is 1.65. The van der Waals surface area contributed by atoms with Crippen LogP contribution in [-0.4, -0.2) is 23.2 Å². The molecule has 1 amide bonds. The molecule has 2 aromatic carbocycles. The standard InChI is InChI=1S/C14H12ClNO3/c1-16(9-2-4-10(17)5-3-9)14(19)12-8-11(18)6-7-13(12)15/h2-8,17-18H,1H3. The van der Waals surface area contributed by atoms with Gasteiger partial charge in [0.2, 0.25) is 0 Å². The number of anilines is 1. The zero-order chi connectivity index (χ0) is 14.0. The Morgan fingerprint density at radius 1 is 1.05 bits per heavy atom. The minimum Gasteiger partial charge on any atom is -0.508 e. The molecule has 0 saturated heterocycles. The van der Waals surface area contributed by atoms with E-state index >= 15 is 0 Å². The van der Waals surface area contributed by atoms with Crippen LogP contribution in [0.15, 0.2) is 42.5 Å². The van der Waals surface area contributed by atoms with E-state index in [1.54, 1.807) is 19.2 Å². The summed E-state index contributed by atoms with van der Waals surface area (Å²) in [6.07, 6.45) is 0. The number of aromatic hydroxyl groups is 2. The Bertz CT molecular complexity index is 611. The summed E-state index contributed by atoms with van der Waals surface area (Å²) < 4.78 is 0. The number of hydrogen-bond acceptors (Lipinski definition) is 3. The largest absolute Gasteiger partial charge is 0.508 e. The highest BCUT2D eigenvalue weighted by molar-refractivity contribution is 6.34. The zero-order valence-corrected chi connectivity index (χ0v) is 10.9. The van der Waals surface area contributed by atoms with Crippen LogP contribution >= 0.6 is 11.6 Å². The highest BCUT2D eigenvalue weighted by Crippen LogP contribution is 2.25. The van der Waals surface area contributed by atoms with Gasteiger partial charge >= 0.3 is 0 Å². The van der Waals surface area contributed by atoms with E-state index in [2.05, 4.69) is 0 Å². The average Bonchev–Trinajstić information content (AvgIpc) is 2.41. The van der Waals surface area contributed by atoms with Gasteiger partial charge in [0.25, 0.3) is 5.91 Å². The van der Waals surface area contributed by atoms with Crippen LogP contribution in [-0.2, 0) is 0 Å². The van der Waals surface area contributed by atoms with E-state index in [4.69, 9.17) is 11.6 Å². The second-order valence-electron chi connectivity index (χ2n) is 4.04. The normalized spacial score (nSPS) is 10.2. The van der Waals surface area contributed by atoms with E-state index in [1.807, 2.05) is 0 Å². The summed E-state index contributed by atoms with van der Waals surface area (Å²) in [5.74, 6) is -0.238. The highest BCUT2D eigenvalue weighted by atomic mass is 35.5. The summed E-state index contributed by atoms with van der Waals surface area (Å²) in [5.41, 5.74) is 0.833. The molecule has 2 N–H and O–H groups in total. The van der Waals surface area contributed by atoms with Crippen molar-refractivity contribution in [2.75, 3.05) is 11.9 Å². The van der Waals surface area contributed by atoms with Crippen molar-refractivity contribution in [3.63, 3.8) is 0 Å². The first-order chi connectivity index (χ1) is 8.99. The third-order valence-electron chi connectivity index (χ3n) is 2.72. The number of hydrogen-bond donors (Lipinski definition) is 2. The van der Waals surface area contributed by atoms with Gasteiger partial charge in [-0.25, -0.2) is 0 Å². The van der Waals surface area contributed by atoms with Gasteiger partial charge in [-0.1, -0.05) is 11.6 Å². The first-order valence-corrected chi connectivity index (χ1v) is 5.92. The maximum absolute atomic E-state index is 12.3. The Morgan fingerprint density at radius 3 is 2.26 bits per heavy atom. The number of phenolic OH excluding ortho intramolecular Hbond substituents is 2. The molecule has 0 saturated carbocycles. The van der Waals surface area contributed by atoms with Gasteiger partial charge in [-0.05, 0) is 42.5 Å². The molecule has 0 aliphatic heterocycles. The molecular formula is C14H12ClNO3. The molecule has 0 heterocycles. The molecule has 98 valence electrons. The highest BCUT2D eigenvalue weighted by Gasteiger charge is 2.17. The number of benzene rings is 2. The van der Waals surface area contributed by atoms with Gasteiger partial charge in [-0.3, -0.25) is 4.79 Å². The minimum absolute atomic E-state index is 0.0214. The molecule has 0 aliphatic carbocycles. The lowest BCUT2D eigenvalue weighted by atomic mass is 10.1. The average molecular weight is 278 g/mol. The van der Waals surface area contributed by atoms with Crippen LogP contribution in [0.5, 0.6) is 11.5 Å². The molecule has 0 unspecified atom stereocenters. The molecule has 19 heavy (non-hydrogen) atoms. The van der Waals surface area contributed by atoms with E-state index in [-0.39, 0.29) is 28.0 Å². The van der Waals surface area contributed by atoms with Gasteiger partial charge in [-0.2, -0.15) is 0 Å². The molecule has 2 rings (SSSR count). The van der Waals surface area contributed by atoms with Crippen LogP contribution < -0.4 is 4.90 Å². The molecule has 0 fully saturated rings. The third-order valence-corrected chi connectivity index (χ3v) is 3.05. The summed E-state index contributed by atoms with van der Waals surface area (Å²) >= 11 is 5.95. The van der Waals surface area contributed by atoms with E-state index in [0.717, 1.165) is 0 Å². The lowest BCUT2D eigenvalue weighted by Gasteiger charge is -2.18. The summed E-state index contributed by atoms with van der Waals surface area (Å²) in [6, 6.07) is 10.4. The maximum Gasteiger partial charge on any atom is 0.259 e. The van der Waals surface area contributed by atoms with Gasteiger partial charge in [0.15, 0.2) is 0 Å². The quantitative estimate of drug-likeness (QED) is 0.887. The van der Waals surface area contributed by atoms with Crippen molar-refractivity contribution in [3.05, 3.63) is 53.1 Å². The molecule has 0 aromatic heterocycles. The predicted molar refractivity (Wildman–Crippen MR) is 74.0 cm³/mol. The van der Waals surface area contributed by atoms with Gasteiger partial charge in [0.05, 0.1) is 10.6 Å². The summed E-state index contributed by atoms with van der Waals surface area (Å²) in [6.45, 7) is 0. The second-order valence-corrected chi connectivity index (χ2v) is 4.45. The SMILES string of the molecule is CN(C(=O)c1cc(O)ccc1Cl)c1ccc(O)cc1. The Hall–Kier alpha value is -2.20. The Kier molecular flexibility index (Phi) is 3.62. The Morgan fingerprint density at radius 2 is 1.63 bits per heavy atom. The molecular weight excluding hydrogens is 266 g/mol. The second kappa shape index (κ2) is 5.20. The van der Waals surface area contributed by atoms with E-state index in [9.17, 15) is 15.0 Å². The van der Waals surface area contributed by atoms with Crippen molar-refractivity contribution >= 4 is 23.2 Å². The monoisotopic (exact) mass is 277 g/mol. The van der Waals surface area contributed by atoms with Crippen molar-refractivity contribution < 1.29 is 15.0 Å². The lowest BCUT2D eigenvalue weighted by molar-refractivity contribution is 0.0992. The number of carbonyl (C=O) groups excluding carboxylic acids is 1. The smallest absolute Gasteiger partial charge is 0.259 e. The summed E-state index contributed by atoms with van der Waals surface area (Å²) in [5, 5.41) is 18.9. The fraction of sp³-hybridized carbons (Fsp3) is 0.0714. The van der Waals surface area contributed by atoms with Gasteiger partial charge < -0.3 is 15.1 Å². The summed E-state index contributed by atoms with van der Waals surface area (Å²) in [7, 11) is 1.59. The fourth-order valence-corrected chi connectivity index (χ4v) is 1.85. The summed E-state index contributed by atoms with van der Waals surface area (Å²) in [4.78, 5) is 13.7. The van der Waals surface area contributed by atoms with E-state index in [1.165, 1.54) is 35.2 Å². The topological polar surface area (TPSA) is 60.8 Å². The molecule has 5 heteroatoms. The van der Waals surface area contributed by atoms with Gasteiger partial charge in [0.1, 0.15) is 11.5 Å². The predicted octanol–water partition coefficient (Wildman–Crippen LogP) is 3.03. The van der Waals surface area contributed by atoms with E-state index in [0.29, 0.717) is 5.69 Å². The molecule has 2 aromatic rings. The van der Waals surface area contributed by atoms with Crippen LogP contribution in [0.4, 0.5) is 5.69 Å². The molecule has 0 spiro atoms. The molecule has 0 aliphatic rings. The van der Waals surface area contributed by atoms with Gasteiger partial charge in [-0.15, -0.1) is 0 Å². The maximum atomic E-state index is 12.3. The zero-order valence-electron chi connectivity index (χ0n) is 10.2. The van der Waals surface area contributed by atoms with E-state index < -0.39 is 0 Å². The van der Waals surface area contributed by atoms with Crippen molar-refractivity contribution in [2.45, 2.75) is 0 Å². The molecule has 0 radical (unpaired) electrons. The van der Waals surface area contributed by atoms with Crippen LogP contribution in [0.25, 0.3) is 0 Å².